The average Bonchev–Trinajstić information content (AvgIpc) is 2.24. The van der Waals surface area contributed by atoms with E-state index in [9.17, 15) is 8.78 Å². The summed E-state index contributed by atoms with van der Waals surface area (Å²) in [5, 5.41) is 9.03. The van der Waals surface area contributed by atoms with Gasteiger partial charge in [-0.25, -0.2) is 8.78 Å². The molecule has 0 saturated carbocycles. The lowest BCUT2D eigenvalue weighted by Gasteiger charge is -2.30. The highest BCUT2D eigenvalue weighted by Gasteiger charge is 2.26. The maximum Gasteiger partial charge on any atom is 0.263 e. The minimum atomic E-state index is -2.45. The fraction of sp³-hybridized carbons (Fsp3) is 0.538. The number of hydrogen-bond acceptors (Lipinski definition) is 2. The molecule has 17 heavy (non-hydrogen) atoms. The number of nitrogens with two attached hydrogens (primary N) is 1. The van der Waals surface area contributed by atoms with Crippen molar-refractivity contribution in [3.63, 3.8) is 0 Å². The Morgan fingerprint density at radius 1 is 1.18 bits per heavy atom. The second kappa shape index (κ2) is 5.56. The van der Waals surface area contributed by atoms with Gasteiger partial charge in [-0.1, -0.05) is 24.3 Å². The third kappa shape index (κ3) is 3.75. The van der Waals surface area contributed by atoms with Crippen molar-refractivity contribution in [1.82, 2.24) is 0 Å². The lowest BCUT2D eigenvalue weighted by molar-refractivity contribution is 0.151. The van der Waals surface area contributed by atoms with Gasteiger partial charge in [-0.2, -0.15) is 0 Å². The van der Waals surface area contributed by atoms with E-state index in [4.69, 9.17) is 10.8 Å². The van der Waals surface area contributed by atoms with Crippen molar-refractivity contribution in [2.75, 3.05) is 6.61 Å². The lowest BCUT2D eigenvalue weighted by Crippen LogP contribution is -2.39. The molecule has 2 nitrogen and oxygen atoms in total. The summed E-state index contributed by atoms with van der Waals surface area (Å²) in [5.74, 6) is -0.0424. The van der Waals surface area contributed by atoms with Crippen LogP contribution in [0.15, 0.2) is 24.3 Å². The van der Waals surface area contributed by atoms with Crippen LogP contribution in [0.25, 0.3) is 0 Å². The van der Waals surface area contributed by atoms with Gasteiger partial charge < -0.3 is 10.8 Å². The topological polar surface area (TPSA) is 46.2 Å². The number of halogens is 2. The van der Waals surface area contributed by atoms with E-state index in [2.05, 4.69) is 0 Å². The van der Waals surface area contributed by atoms with Gasteiger partial charge in [0.25, 0.3) is 6.43 Å². The van der Waals surface area contributed by atoms with Crippen molar-refractivity contribution in [2.24, 2.45) is 5.73 Å². The summed E-state index contributed by atoms with van der Waals surface area (Å²) in [7, 11) is 0. The molecule has 0 aliphatic heterocycles. The molecule has 1 atom stereocenters. The minimum Gasteiger partial charge on any atom is -0.396 e. The minimum absolute atomic E-state index is 0.00586. The summed E-state index contributed by atoms with van der Waals surface area (Å²) in [6, 6.07) is 6.15. The van der Waals surface area contributed by atoms with Crippen LogP contribution in [0, 0.1) is 0 Å². The summed E-state index contributed by atoms with van der Waals surface area (Å²) in [4.78, 5) is 0. The number of alkyl halides is 2. The van der Waals surface area contributed by atoms with Crippen molar-refractivity contribution >= 4 is 0 Å². The fourth-order valence-corrected chi connectivity index (χ4v) is 1.97. The third-order valence-corrected chi connectivity index (χ3v) is 2.91. The predicted molar refractivity (Wildman–Crippen MR) is 64.1 cm³/mol. The van der Waals surface area contributed by atoms with Crippen molar-refractivity contribution in [2.45, 2.75) is 38.2 Å². The number of hydrogen-bond donors (Lipinski definition) is 2. The van der Waals surface area contributed by atoms with Crippen LogP contribution in [-0.4, -0.2) is 17.3 Å². The summed E-state index contributed by atoms with van der Waals surface area (Å²) in [6.45, 7) is 3.77. The van der Waals surface area contributed by atoms with E-state index < -0.39 is 12.0 Å². The van der Waals surface area contributed by atoms with Crippen LogP contribution >= 0.6 is 0 Å². The second-order valence-corrected chi connectivity index (χ2v) is 4.85. The molecule has 1 aromatic carbocycles. The van der Waals surface area contributed by atoms with E-state index in [1.807, 2.05) is 13.8 Å². The highest BCUT2D eigenvalue weighted by Crippen LogP contribution is 2.30. The molecule has 96 valence electrons. The number of benzene rings is 1. The molecule has 0 saturated heterocycles. The Balaban J connectivity index is 2.95. The highest BCUT2D eigenvalue weighted by atomic mass is 19.3. The molecule has 0 aliphatic rings. The molecule has 0 fully saturated rings. The zero-order valence-electron chi connectivity index (χ0n) is 10.2. The van der Waals surface area contributed by atoms with Crippen LogP contribution in [0.4, 0.5) is 8.78 Å². The molecule has 4 heteroatoms. The Morgan fingerprint density at radius 2 is 1.65 bits per heavy atom. The van der Waals surface area contributed by atoms with Crippen LogP contribution < -0.4 is 5.73 Å². The fourth-order valence-electron chi connectivity index (χ4n) is 1.97. The van der Waals surface area contributed by atoms with Crippen LogP contribution in [0.5, 0.6) is 0 Å². The Bertz CT molecular complexity index is 343. The van der Waals surface area contributed by atoms with Crippen molar-refractivity contribution < 1.29 is 13.9 Å². The molecular formula is C13H19F2NO. The molecule has 1 unspecified atom stereocenters. The molecule has 0 aliphatic carbocycles. The van der Waals surface area contributed by atoms with Gasteiger partial charge in [0.05, 0.1) is 0 Å². The Labute approximate surface area is 100 Å². The summed E-state index contributed by atoms with van der Waals surface area (Å²) >= 11 is 0. The maximum atomic E-state index is 12.4. The molecule has 0 radical (unpaired) electrons. The molecule has 1 rings (SSSR count). The normalized spacial score (nSPS) is 14.1. The first kappa shape index (κ1) is 14.1. The monoisotopic (exact) mass is 243 g/mol. The Morgan fingerprint density at radius 3 is 2.00 bits per heavy atom. The van der Waals surface area contributed by atoms with Crippen LogP contribution in [0.1, 0.15) is 43.7 Å². The quantitative estimate of drug-likeness (QED) is 0.835. The largest absolute Gasteiger partial charge is 0.396 e. The second-order valence-electron chi connectivity index (χ2n) is 4.85. The number of rotatable bonds is 5. The SMILES string of the molecule is CC(C)(N)C(CCO)c1ccc(C(F)F)cc1. The smallest absolute Gasteiger partial charge is 0.263 e. The molecule has 0 heterocycles. The molecule has 0 bridgehead atoms. The zero-order valence-corrected chi connectivity index (χ0v) is 10.2. The first-order chi connectivity index (χ1) is 7.86. The van der Waals surface area contributed by atoms with E-state index in [1.54, 1.807) is 12.1 Å². The van der Waals surface area contributed by atoms with Gasteiger partial charge in [-0.15, -0.1) is 0 Å². The Hall–Kier alpha value is -1.00. The van der Waals surface area contributed by atoms with Gasteiger partial charge in [0.2, 0.25) is 0 Å². The van der Waals surface area contributed by atoms with E-state index >= 15 is 0 Å². The van der Waals surface area contributed by atoms with Crippen LogP contribution in [0.2, 0.25) is 0 Å². The summed E-state index contributed by atoms with van der Waals surface area (Å²) < 4.78 is 24.8. The molecule has 0 amide bonds. The Kier molecular flexibility index (Phi) is 4.60. The van der Waals surface area contributed by atoms with E-state index in [0.29, 0.717) is 6.42 Å². The van der Waals surface area contributed by atoms with Crippen molar-refractivity contribution in [3.05, 3.63) is 35.4 Å². The van der Waals surface area contributed by atoms with E-state index in [0.717, 1.165) is 5.56 Å². The third-order valence-electron chi connectivity index (χ3n) is 2.91. The van der Waals surface area contributed by atoms with Gasteiger partial charge in [0.15, 0.2) is 0 Å². The molecule has 1 aromatic rings. The molecular weight excluding hydrogens is 224 g/mol. The zero-order chi connectivity index (χ0) is 13.1. The summed E-state index contributed by atoms with van der Waals surface area (Å²) in [5.41, 5.74) is 6.44. The van der Waals surface area contributed by atoms with Gasteiger partial charge in [-0.05, 0) is 25.8 Å². The van der Waals surface area contributed by atoms with Gasteiger partial charge in [-0.3, -0.25) is 0 Å². The lowest BCUT2D eigenvalue weighted by atomic mass is 9.80. The van der Waals surface area contributed by atoms with Crippen LogP contribution in [-0.2, 0) is 0 Å². The van der Waals surface area contributed by atoms with Gasteiger partial charge in [0, 0.05) is 23.6 Å². The number of aliphatic hydroxyl groups is 1. The standard InChI is InChI=1S/C13H19F2NO/c1-13(2,16)11(7-8-17)9-3-5-10(6-4-9)12(14)15/h3-6,11-12,17H,7-8,16H2,1-2H3. The van der Waals surface area contributed by atoms with Crippen molar-refractivity contribution in [1.29, 1.82) is 0 Å². The van der Waals surface area contributed by atoms with E-state index in [-0.39, 0.29) is 18.1 Å². The summed E-state index contributed by atoms with van der Waals surface area (Å²) in [6.07, 6.45) is -1.93. The molecule has 3 N–H and O–H groups in total. The maximum absolute atomic E-state index is 12.4. The molecule has 0 aromatic heterocycles. The average molecular weight is 243 g/mol. The first-order valence-electron chi connectivity index (χ1n) is 5.64. The molecule has 0 spiro atoms. The number of aliphatic hydroxyl groups excluding tert-OH is 1. The van der Waals surface area contributed by atoms with E-state index in [1.165, 1.54) is 12.1 Å². The van der Waals surface area contributed by atoms with Gasteiger partial charge in [0.1, 0.15) is 0 Å². The highest BCUT2D eigenvalue weighted by molar-refractivity contribution is 5.28. The van der Waals surface area contributed by atoms with Crippen molar-refractivity contribution in [3.8, 4) is 0 Å². The van der Waals surface area contributed by atoms with Gasteiger partial charge >= 0.3 is 0 Å². The van der Waals surface area contributed by atoms with Crippen LogP contribution in [0.3, 0.4) is 0 Å². The predicted octanol–water partition coefficient (Wildman–Crippen LogP) is 2.83. The first-order valence-corrected chi connectivity index (χ1v) is 5.64.